The van der Waals surface area contributed by atoms with Crippen molar-refractivity contribution in [3.8, 4) is 0 Å². The molecule has 0 aliphatic carbocycles. The van der Waals surface area contributed by atoms with E-state index in [-0.39, 0.29) is 12.5 Å². The maximum absolute atomic E-state index is 10.6. The van der Waals surface area contributed by atoms with Gasteiger partial charge in [-0.15, -0.1) is 0 Å². The number of aliphatic hydroxyl groups is 2. The van der Waals surface area contributed by atoms with E-state index in [4.69, 9.17) is 10.8 Å². The molecule has 0 aromatic heterocycles. The first-order valence-electron chi connectivity index (χ1n) is 6.41. The van der Waals surface area contributed by atoms with Gasteiger partial charge in [-0.2, -0.15) is 0 Å². The molecule has 1 rings (SSSR count). The molecule has 0 aromatic rings. The lowest BCUT2D eigenvalue weighted by atomic mass is 9.91. The van der Waals surface area contributed by atoms with Crippen molar-refractivity contribution in [2.24, 2.45) is 11.7 Å². The molecule has 5 heteroatoms. The molecular formula is C12H24N2O3. The summed E-state index contributed by atoms with van der Waals surface area (Å²) in [6.45, 7) is 2.33. The van der Waals surface area contributed by atoms with Gasteiger partial charge in [0.15, 0.2) is 0 Å². The van der Waals surface area contributed by atoms with Crippen LogP contribution in [-0.4, -0.2) is 53.4 Å². The Kier molecular flexibility index (Phi) is 6.47. The van der Waals surface area contributed by atoms with Crippen LogP contribution in [0.1, 0.15) is 32.1 Å². The first kappa shape index (κ1) is 14.4. The monoisotopic (exact) mass is 244 g/mol. The number of β-amino-alcohol motifs (C(OH)–C–C–N with tert-alkyl or cyclic N) is 1. The number of primary amides is 1. The van der Waals surface area contributed by atoms with Gasteiger partial charge in [0.2, 0.25) is 5.91 Å². The zero-order chi connectivity index (χ0) is 12.7. The van der Waals surface area contributed by atoms with Crippen molar-refractivity contribution in [1.82, 2.24) is 4.90 Å². The van der Waals surface area contributed by atoms with Crippen LogP contribution in [0.5, 0.6) is 0 Å². The maximum atomic E-state index is 10.6. The number of nitrogens with zero attached hydrogens (tertiary/aromatic N) is 1. The van der Waals surface area contributed by atoms with E-state index < -0.39 is 6.10 Å². The Morgan fingerprint density at radius 3 is 2.59 bits per heavy atom. The molecule has 5 nitrogen and oxygen atoms in total. The number of rotatable bonds is 7. The molecule has 1 fully saturated rings. The van der Waals surface area contributed by atoms with Gasteiger partial charge in [0.1, 0.15) is 0 Å². The van der Waals surface area contributed by atoms with Gasteiger partial charge in [0.05, 0.1) is 12.7 Å². The number of piperidine rings is 1. The Bertz CT molecular complexity index is 228. The van der Waals surface area contributed by atoms with Crippen molar-refractivity contribution in [3.05, 3.63) is 0 Å². The van der Waals surface area contributed by atoms with E-state index in [1.807, 2.05) is 0 Å². The van der Waals surface area contributed by atoms with Gasteiger partial charge in [-0.25, -0.2) is 0 Å². The van der Waals surface area contributed by atoms with Gasteiger partial charge in [-0.05, 0) is 44.7 Å². The van der Waals surface area contributed by atoms with Gasteiger partial charge < -0.3 is 20.8 Å². The first-order valence-corrected chi connectivity index (χ1v) is 6.41. The van der Waals surface area contributed by atoms with Crippen molar-refractivity contribution in [2.75, 3.05) is 26.2 Å². The third-order valence-electron chi connectivity index (χ3n) is 3.42. The highest BCUT2D eigenvalue weighted by Gasteiger charge is 2.20. The highest BCUT2D eigenvalue weighted by atomic mass is 16.3. The fourth-order valence-electron chi connectivity index (χ4n) is 2.38. The number of amides is 1. The predicted molar refractivity (Wildman–Crippen MR) is 65.3 cm³/mol. The maximum Gasteiger partial charge on any atom is 0.217 e. The molecule has 1 amide bonds. The molecule has 4 N–H and O–H groups in total. The van der Waals surface area contributed by atoms with Crippen molar-refractivity contribution in [1.29, 1.82) is 0 Å². The van der Waals surface area contributed by atoms with Crippen LogP contribution in [0.25, 0.3) is 0 Å². The zero-order valence-electron chi connectivity index (χ0n) is 10.3. The number of nitrogens with two attached hydrogens (primary N) is 1. The molecule has 1 aliphatic heterocycles. The Morgan fingerprint density at radius 1 is 1.41 bits per heavy atom. The number of likely N-dealkylation sites (tertiary alicyclic amines) is 1. The zero-order valence-corrected chi connectivity index (χ0v) is 10.3. The van der Waals surface area contributed by atoms with Gasteiger partial charge in [0, 0.05) is 13.0 Å². The van der Waals surface area contributed by atoms with Crippen LogP contribution in [0, 0.1) is 5.92 Å². The van der Waals surface area contributed by atoms with Gasteiger partial charge >= 0.3 is 0 Å². The van der Waals surface area contributed by atoms with Crippen LogP contribution in [0.4, 0.5) is 0 Å². The summed E-state index contributed by atoms with van der Waals surface area (Å²) in [5.74, 6) is 0.463. The van der Waals surface area contributed by atoms with Crippen LogP contribution < -0.4 is 5.73 Å². The normalized spacial score (nSPS) is 20.4. The number of carbonyl (C=O) groups is 1. The fourth-order valence-corrected chi connectivity index (χ4v) is 2.38. The molecule has 1 unspecified atom stereocenters. The molecule has 0 radical (unpaired) electrons. The Balaban J connectivity index is 2.11. The van der Waals surface area contributed by atoms with Gasteiger partial charge in [-0.3, -0.25) is 4.79 Å². The summed E-state index contributed by atoms with van der Waals surface area (Å²) >= 11 is 0. The third-order valence-corrected chi connectivity index (χ3v) is 3.42. The SMILES string of the molecule is NC(=O)CCCC1CCN(CC(O)CO)CC1. The van der Waals surface area contributed by atoms with Crippen molar-refractivity contribution in [3.63, 3.8) is 0 Å². The van der Waals surface area contributed by atoms with E-state index in [1.54, 1.807) is 0 Å². The Labute approximate surface area is 103 Å². The summed E-state index contributed by atoms with van der Waals surface area (Å²) in [7, 11) is 0. The largest absolute Gasteiger partial charge is 0.394 e. The summed E-state index contributed by atoms with van der Waals surface area (Å²) in [6, 6.07) is 0. The Morgan fingerprint density at radius 2 is 2.06 bits per heavy atom. The molecule has 1 aliphatic rings. The van der Waals surface area contributed by atoms with Crippen LogP contribution in [-0.2, 0) is 4.79 Å². The number of carbonyl (C=O) groups excluding carboxylic acids is 1. The van der Waals surface area contributed by atoms with Crippen LogP contribution in [0.3, 0.4) is 0 Å². The van der Waals surface area contributed by atoms with Crippen molar-refractivity contribution < 1.29 is 15.0 Å². The van der Waals surface area contributed by atoms with E-state index in [2.05, 4.69) is 4.90 Å². The number of hydrogen-bond donors (Lipinski definition) is 3. The quantitative estimate of drug-likeness (QED) is 0.574. The molecule has 0 spiro atoms. The highest BCUT2D eigenvalue weighted by molar-refractivity contribution is 5.73. The molecule has 1 atom stereocenters. The second-order valence-corrected chi connectivity index (χ2v) is 4.94. The van der Waals surface area contributed by atoms with E-state index in [9.17, 15) is 9.90 Å². The van der Waals surface area contributed by atoms with Gasteiger partial charge in [0.25, 0.3) is 0 Å². The summed E-state index contributed by atoms with van der Waals surface area (Å²) in [5, 5.41) is 18.1. The van der Waals surface area contributed by atoms with Crippen molar-refractivity contribution in [2.45, 2.75) is 38.2 Å². The molecule has 0 aromatic carbocycles. The second kappa shape index (κ2) is 7.63. The van der Waals surface area contributed by atoms with E-state index in [0.717, 1.165) is 38.8 Å². The predicted octanol–water partition coefficient (Wildman–Crippen LogP) is -0.293. The van der Waals surface area contributed by atoms with E-state index >= 15 is 0 Å². The van der Waals surface area contributed by atoms with Gasteiger partial charge in [-0.1, -0.05) is 0 Å². The molecule has 0 bridgehead atoms. The summed E-state index contributed by atoms with van der Waals surface area (Å²) in [6.07, 6.45) is 4.04. The molecule has 1 heterocycles. The lowest BCUT2D eigenvalue weighted by molar-refractivity contribution is -0.118. The minimum atomic E-state index is -0.624. The summed E-state index contributed by atoms with van der Waals surface area (Å²) < 4.78 is 0. The molecular weight excluding hydrogens is 220 g/mol. The minimum absolute atomic E-state index is 0.168. The number of hydrogen-bond acceptors (Lipinski definition) is 4. The topological polar surface area (TPSA) is 86.8 Å². The molecule has 100 valence electrons. The molecule has 0 saturated carbocycles. The lowest BCUT2D eigenvalue weighted by Crippen LogP contribution is -2.39. The summed E-state index contributed by atoms with van der Waals surface area (Å²) in [4.78, 5) is 12.8. The average Bonchev–Trinajstić information content (AvgIpc) is 2.31. The lowest BCUT2D eigenvalue weighted by Gasteiger charge is -2.32. The average molecular weight is 244 g/mol. The fraction of sp³-hybridized carbons (Fsp3) is 0.917. The van der Waals surface area contributed by atoms with Crippen molar-refractivity contribution >= 4 is 5.91 Å². The smallest absolute Gasteiger partial charge is 0.217 e. The third kappa shape index (κ3) is 6.00. The summed E-state index contributed by atoms with van der Waals surface area (Å²) in [5.41, 5.74) is 5.10. The Hall–Kier alpha value is -0.650. The standard InChI is InChI=1S/C12H24N2O3/c13-12(17)3-1-2-10-4-6-14(7-5-10)8-11(16)9-15/h10-11,15-16H,1-9H2,(H2,13,17). The van der Waals surface area contributed by atoms with E-state index in [1.165, 1.54) is 0 Å². The van der Waals surface area contributed by atoms with Crippen LogP contribution in [0.2, 0.25) is 0 Å². The highest BCUT2D eigenvalue weighted by Crippen LogP contribution is 2.22. The number of aliphatic hydroxyl groups excluding tert-OH is 2. The van der Waals surface area contributed by atoms with E-state index in [0.29, 0.717) is 18.9 Å². The van der Waals surface area contributed by atoms with Crippen LogP contribution in [0.15, 0.2) is 0 Å². The molecule has 1 saturated heterocycles. The second-order valence-electron chi connectivity index (χ2n) is 4.94. The minimum Gasteiger partial charge on any atom is -0.394 e. The first-order chi connectivity index (χ1) is 8.11. The van der Waals surface area contributed by atoms with Crippen LogP contribution >= 0.6 is 0 Å². The molecule has 17 heavy (non-hydrogen) atoms.